The van der Waals surface area contributed by atoms with E-state index in [1.165, 1.54) is 44.7 Å². The maximum Gasteiger partial charge on any atom is 0.318 e. The van der Waals surface area contributed by atoms with Crippen LogP contribution in [0.5, 0.6) is 17.2 Å². The van der Waals surface area contributed by atoms with E-state index in [-0.39, 0.29) is 11.5 Å². The third-order valence-electron chi connectivity index (χ3n) is 12.7. The van der Waals surface area contributed by atoms with Gasteiger partial charge in [-0.15, -0.1) is 0 Å². The van der Waals surface area contributed by atoms with Crippen LogP contribution in [-0.4, -0.2) is 45.5 Å². The molecule has 0 aromatic heterocycles. The SMILES string of the molecule is CCCCCCCCOc1c(C(C)(C)C)cc(C(O)(c2cc(C(C)(C)C)c(OCCCCCCCC)c(C(C)(C)C)c2)C(N=Cc2cc([N+](=O)[O-])cc([N+](=O)[O-])c2O)C(C)C)cc1C(C)(C)C. The molecule has 0 bridgehead atoms. The Morgan fingerprint density at radius 1 is 0.582 bits per heavy atom. The van der Waals surface area contributed by atoms with Gasteiger partial charge in [0.15, 0.2) is 0 Å². The van der Waals surface area contributed by atoms with Gasteiger partial charge < -0.3 is 19.7 Å². The first-order chi connectivity index (χ1) is 31.0. The molecule has 0 spiro atoms. The first kappa shape index (κ1) is 56.8. The highest BCUT2D eigenvalue weighted by atomic mass is 16.6. The molecule has 11 nitrogen and oxygen atoms in total. The second-order valence-corrected chi connectivity index (χ2v) is 23.2. The number of benzene rings is 3. The van der Waals surface area contributed by atoms with Crippen LogP contribution >= 0.6 is 0 Å². The molecule has 0 aliphatic heterocycles. The number of ether oxygens (including phenoxy) is 2. The second kappa shape index (κ2) is 23.7. The molecule has 67 heavy (non-hydrogen) atoms. The molecule has 0 aliphatic rings. The van der Waals surface area contributed by atoms with E-state index >= 15 is 0 Å². The second-order valence-electron chi connectivity index (χ2n) is 23.2. The van der Waals surface area contributed by atoms with Crippen molar-refractivity contribution in [3.05, 3.63) is 95.6 Å². The van der Waals surface area contributed by atoms with Gasteiger partial charge in [-0.05, 0) is 75.8 Å². The zero-order valence-corrected chi connectivity index (χ0v) is 44.3. The number of unbranched alkanes of at least 4 members (excludes halogenated alkanes) is 10. The number of hydrogen-bond donors (Lipinski definition) is 2. The Morgan fingerprint density at radius 2 is 0.940 bits per heavy atom. The van der Waals surface area contributed by atoms with Crippen LogP contribution in [0, 0.1) is 26.1 Å². The summed E-state index contributed by atoms with van der Waals surface area (Å²) in [5, 5.41) is 49.5. The highest BCUT2D eigenvalue weighted by Gasteiger charge is 2.46. The van der Waals surface area contributed by atoms with E-state index in [9.17, 15) is 30.4 Å². The van der Waals surface area contributed by atoms with Crippen LogP contribution in [0.4, 0.5) is 11.4 Å². The molecule has 0 radical (unpaired) electrons. The van der Waals surface area contributed by atoms with E-state index in [0.717, 1.165) is 84.4 Å². The third-order valence-corrected chi connectivity index (χ3v) is 12.7. The highest BCUT2D eigenvalue weighted by Crippen LogP contribution is 2.50. The lowest BCUT2D eigenvalue weighted by atomic mass is 9.69. The first-order valence-electron chi connectivity index (χ1n) is 25.1. The normalized spacial score (nSPS) is 13.4. The van der Waals surface area contributed by atoms with Crippen molar-refractivity contribution in [2.75, 3.05) is 13.2 Å². The average Bonchev–Trinajstić information content (AvgIpc) is 3.21. The molecule has 11 heteroatoms. The lowest BCUT2D eigenvalue weighted by Gasteiger charge is -2.41. The Hall–Kier alpha value is -4.51. The minimum Gasteiger partial charge on any atom is -0.502 e. The summed E-state index contributed by atoms with van der Waals surface area (Å²) in [7, 11) is 0. The van der Waals surface area contributed by atoms with Gasteiger partial charge >= 0.3 is 5.69 Å². The smallest absolute Gasteiger partial charge is 0.318 e. The van der Waals surface area contributed by atoms with Gasteiger partial charge in [0.25, 0.3) is 5.69 Å². The number of rotatable bonds is 24. The summed E-state index contributed by atoms with van der Waals surface area (Å²) in [4.78, 5) is 27.4. The topological polar surface area (TPSA) is 158 Å². The Bertz CT molecular complexity index is 1980. The Balaban J connectivity index is 2.56. The molecule has 374 valence electrons. The van der Waals surface area contributed by atoms with Gasteiger partial charge in [0.05, 0.1) is 35.2 Å². The van der Waals surface area contributed by atoms with Crippen molar-refractivity contribution in [3.63, 3.8) is 0 Å². The predicted molar refractivity (Wildman–Crippen MR) is 276 cm³/mol. The standard InChI is InChI=1S/C56H87N3O8/c1-17-19-21-23-25-27-29-66-49-43(52(5,6)7)32-40(33-44(49)53(8,9)10)56(61,51(38(3)4)57-37-39-31-42(58(62)63)36-47(48(39)60)59(64)65)41-34-45(54(11,12)13)50(46(35-41)55(14,15)16)67-30-28-26-24-22-20-18-2/h31-38,51,60-61H,17-30H2,1-16H3. The van der Waals surface area contributed by atoms with E-state index in [2.05, 4.69) is 121 Å². The molecule has 0 saturated heterocycles. The monoisotopic (exact) mass is 930 g/mol. The maximum atomic E-state index is 14.3. The molecule has 3 aromatic carbocycles. The summed E-state index contributed by atoms with van der Waals surface area (Å²) < 4.78 is 13.7. The van der Waals surface area contributed by atoms with Crippen LogP contribution in [-0.2, 0) is 27.3 Å². The summed E-state index contributed by atoms with van der Waals surface area (Å²) in [6.45, 7) is 35.2. The molecule has 0 saturated carbocycles. The van der Waals surface area contributed by atoms with Crippen LogP contribution in [0.1, 0.15) is 227 Å². The number of hydrogen-bond acceptors (Lipinski definition) is 9. The van der Waals surface area contributed by atoms with E-state index in [1.807, 2.05) is 13.8 Å². The van der Waals surface area contributed by atoms with Gasteiger partial charge in [0.2, 0.25) is 5.75 Å². The predicted octanol–water partition coefficient (Wildman–Crippen LogP) is 15.3. The number of aliphatic hydroxyl groups is 1. The van der Waals surface area contributed by atoms with Gasteiger partial charge in [-0.2, -0.15) is 0 Å². The van der Waals surface area contributed by atoms with Crippen LogP contribution in [0.2, 0.25) is 0 Å². The largest absolute Gasteiger partial charge is 0.502 e. The Labute approximate surface area is 403 Å². The van der Waals surface area contributed by atoms with Crippen molar-refractivity contribution >= 4 is 17.6 Å². The fourth-order valence-corrected chi connectivity index (χ4v) is 8.75. The highest BCUT2D eigenvalue weighted by molar-refractivity contribution is 5.87. The van der Waals surface area contributed by atoms with Crippen molar-refractivity contribution in [1.82, 2.24) is 0 Å². The molecule has 1 unspecified atom stereocenters. The van der Waals surface area contributed by atoms with Gasteiger partial charge in [0, 0.05) is 40.1 Å². The lowest BCUT2D eigenvalue weighted by Crippen LogP contribution is -2.44. The van der Waals surface area contributed by atoms with Crippen LogP contribution in [0.25, 0.3) is 0 Å². The molecule has 0 heterocycles. The number of non-ortho nitro benzene ring substituents is 1. The van der Waals surface area contributed by atoms with Crippen LogP contribution in [0.3, 0.4) is 0 Å². The van der Waals surface area contributed by atoms with E-state index in [4.69, 9.17) is 14.5 Å². The van der Waals surface area contributed by atoms with Crippen molar-refractivity contribution in [1.29, 1.82) is 0 Å². The third kappa shape index (κ3) is 15.0. The number of nitrogens with zero attached hydrogens (tertiary/aromatic N) is 3. The minimum absolute atomic E-state index is 0.206. The summed E-state index contributed by atoms with van der Waals surface area (Å²) in [5.41, 5.74) is -0.292. The lowest BCUT2D eigenvalue weighted by molar-refractivity contribution is -0.394. The number of phenolic OH excluding ortho intramolecular Hbond substituents is 1. The summed E-state index contributed by atoms with van der Waals surface area (Å²) in [5.74, 6) is 0.487. The van der Waals surface area contributed by atoms with E-state index < -0.39 is 60.3 Å². The molecule has 2 N–H and O–H groups in total. The van der Waals surface area contributed by atoms with Crippen molar-refractivity contribution in [2.24, 2.45) is 10.9 Å². The first-order valence-corrected chi connectivity index (χ1v) is 25.1. The fraction of sp³-hybridized carbons (Fsp3) is 0.661. The van der Waals surface area contributed by atoms with Gasteiger partial charge in [-0.3, -0.25) is 25.2 Å². The van der Waals surface area contributed by atoms with E-state index in [1.54, 1.807) is 0 Å². The van der Waals surface area contributed by atoms with Crippen molar-refractivity contribution < 1.29 is 29.5 Å². The van der Waals surface area contributed by atoms with Crippen molar-refractivity contribution in [2.45, 2.75) is 221 Å². The Morgan fingerprint density at radius 3 is 1.25 bits per heavy atom. The number of nitro groups is 2. The maximum absolute atomic E-state index is 14.3. The molecular formula is C56H87N3O8. The average molecular weight is 930 g/mol. The van der Waals surface area contributed by atoms with Crippen LogP contribution in [0.15, 0.2) is 41.4 Å². The van der Waals surface area contributed by atoms with Crippen molar-refractivity contribution in [3.8, 4) is 17.2 Å². The quantitative estimate of drug-likeness (QED) is 0.0389. The molecule has 3 aromatic rings. The zero-order chi connectivity index (χ0) is 50.7. The number of aromatic hydroxyl groups is 1. The fourth-order valence-electron chi connectivity index (χ4n) is 8.75. The molecule has 1 atom stereocenters. The molecule has 0 aliphatic carbocycles. The molecular weight excluding hydrogens is 843 g/mol. The molecule has 0 fully saturated rings. The van der Waals surface area contributed by atoms with Gasteiger partial charge in [-0.1, -0.05) is 175 Å². The van der Waals surface area contributed by atoms with Crippen LogP contribution < -0.4 is 9.47 Å². The summed E-state index contributed by atoms with van der Waals surface area (Å²) in [6, 6.07) is 9.05. The van der Waals surface area contributed by atoms with E-state index in [0.29, 0.717) is 24.3 Å². The van der Waals surface area contributed by atoms with Gasteiger partial charge in [-0.25, -0.2) is 0 Å². The van der Waals surface area contributed by atoms with Gasteiger partial charge in [0.1, 0.15) is 17.1 Å². The number of phenols is 1. The zero-order valence-electron chi connectivity index (χ0n) is 44.3. The summed E-state index contributed by atoms with van der Waals surface area (Å²) in [6.07, 6.45) is 14.8. The minimum atomic E-state index is -1.89. The number of aliphatic imine (C=N–C) groups is 1. The summed E-state index contributed by atoms with van der Waals surface area (Å²) >= 11 is 0. The number of nitro benzene ring substituents is 2. The molecule has 0 amide bonds. The Kier molecular flexibility index (Phi) is 20.1. The molecule has 3 rings (SSSR count).